The predicted octanol–water partition coefficient (Wildman–Crippen LogP) is 2.86. The zero-order valence-corrected chi connectivity index (χ0v) is 19.5. The minimum absolute atomic E-state index is 0.0305. The van der Waals surface area contributed by atoms with E-state index < -0.39 is 6.04 Å². The molecule has 8 heteroatoms. The lowest BCUT2D eigenvalue weighted by molar-refractivity contribution is -0.124. The summed E-state index contributed by atoms with van der Waals surface area (Å²) in [4.78, 5) is 41.2. The molecule has 0 radical (unpaired) electrons. The van der Waals surface area contributed by atoms with Crippen LogP contribution in [0.2, 0.25) is 0 Å². The molecular weight excluding hydrogens is 426 g/mol. The Balaban J connectivity index is 1.66. The molecule has 2 N–H and O–H groups in total. The van der Waals surface area contributed by atoms with E-state index in [4.69, 9.17) is 4.74 Å². The molecule has 0 spiro atoms. The minimum Gasteiger partial charge on any atom is -0.385 e. The number of amides is 3. The Morgan fingerprint density at radius 2 is 1.91 bits per heavy atom. The predicted molar refractivity (Wildman–Crippen MR) is 125 cm³/mol. The summed E-state index contributed by atoms with van der Waals surface area (Å²) in [5.41, 5.74) is 1.43. The SMILES string of the molecule is COCCCNC(=O)[C@H](NC(=O)c1ccccc1C)C1CCN(C(=O)c2cccs2)CC1. The van der Waals surface area contributed by atoms with Crippen LogP contribution in [0.3, 0.4) is 0 Å². The number of ether oxygens (including phenoxy) is 1. The number of carbonyl (C=O) groups excluding carboxylic acids is 3. The van der Waals surface area contributed by atoms with Gasteiger partial charge >= 0.3 is 0 Å². The van der Waals surface area contributed by atoms with E-state index in [0.29, 0.717) is 51.1 Å². The lowest BCUT2D eigenvalue weighted by Gasteiger charge is -2.35. The molecule has 1 aliphatic rings. The van der Waals surface area contributed by atoms with Crippen LogP contribution in [0.1, 0.15) is 44.9 Å². The molecule has 0 unspecified atom stereocenters. The largest absolute Gasteiger partial charge is 0.385 e. The summed E-state index contributed by atoms with van der Waals surface area (Å²) in [6.07, 6.45) is 2.01. The number of methoxy groups -OCH3 is 1. The van der Waals surface area contributed by atoms with Crippen LogP contribution in [0.15, 0.2) is 41.8 Å². The summed E-state index contributed by atoms with van der Waals surface area (Å²) in [7, 11) is 1.62. The van der Waals surface area contributed by atoms with Gasteiger partial charge in [0.25, 0.3) is 11.8 Å². The van der Waals surface area contributed by atoms with E-state index in [1.807, 2.05) is 47.5 Å². The van der Waals surface area contributed by atoms with Gasteiger partial charge in [-0.25, -0.2) is 0 Å². The van der Waals surface area contributed by atoms with E-state index in [-0.39, 0.29) is 23.6 Å². The number of hydrogen-bond donors (Lipinski definition) is 2. The van der Waals surface area contributed by atoms with Crippen molar-refractivity contribution >= 4 is 29.1 Å². The molecule has 7 nitrogen and oxygen atoms in total. The molecule has 3 rings (SSSR count). The van der Waals surface area contributed by atoms with Crippen LogP contribution in [0.25, 0.3) is 0 Å². The van der Waals surface area contributed by atoms with Crippen molar-refractivity contribution in [2.75, 3.05) is 33.4 Å². The van der Waals surface area contributed by atoms with Crippen molar-refractivity contribution in [2.24, 2.45) is 5.92 Å². The number of carbonyl (C=O) groups is 3. The van der Waals surface area contributed by atoms with Gasteiger partial charge in [-0.05, 0) is 55.2 Å². The maximum absolute atomic E-state index is 13.0. The van der Waals surface area contributed by atoms with Gasteiger partial charge < -0.3 is 20.3 Å². The van der Waals surface area contributed by atoms with Crippen molar-refractivity contribution in [1.29, 1.82) is 0 Å². The molecule has 2 heterocycles. The van der Waals surface area contributed by atoms with Crippen LogP contribution < -0.4 is 10.6 Å². The monoisotopic (exact) mass is 457 g/mol. The Labute approximate surface area is 193 Å². The van der Waals surface area contributed by atoms with E-state index in [1.54, 1.807) is 13.2 Å². The maximum Gasteiger partial charge on any atom is 0.263 e. The highest BCUT2D eigenvalue weighted by Crippen LogP contribution is 2.24. The van der Waals surface area contributed by atoms with Crippen molar-refractivity contribution in [3.8, 4) is 0 Å². The third kappa shape index (κ3) is 6.17. The lowest BCUT2D eigenvalue weighted by Crippen LogP contribution is -2.54. The number of aryl methyl sites for hydroxylation is 1. The van der Waals surface area contributed by atoms with Crippen molar-refractivity contribution in [1.82, 2.24) is 15.5 Å². The van der Waals surface area contributed by atoms with E-state index >= 15 is 0 Å². The van der Waals surface area contributed by atoms with Gasteiger partial charge in [-0.15, -0.1) is 11.3 Å². The molecule has 1 saturated heterocycles. The van der Waals surface area contributed by atoms with E-state index in [0.717, 1.165) is 10.4 Å². The van der Waals surface area contributed by atoms with Crippen LogP contribution in [-0.2, 0) is 9.53 Å². The number of nitrogens with one attached hydrogen (secondary N) is 2. The molecule has 172 valence electrons. The lowest BCUT2D eigenvalue weighted by atomic mass is 9.88. The molecule has 3 amide bonds. The zero-order chi connectivity index (χ0) is 22.9. The molecule has 1 fully saturated rings. The van der Waals surface area contributed by atoms with Crippen LogP contribution in [0.4, 0.5) is 0 Å². The summed E-state index contributed by atoms with van der Waals surface area (Å²) in [6, 6.07) is 10.4. The summed E-state index contributed by atoms with van der Waals surface area (Å²) in [5.74, 6) is -0.455. The van der Waals surface area contributed by atoms with Gasteiger partial charge in [0.1, 0.15) is 6.04 Å². The molecule has 32 heavy (non-hydrogen) atoms. The Hall–Kier alpha value is -2.71. The molecule has 2 aromatic rings. The Morgan fingerprint density at radius 3 is 2.56 bits per heavy atom. The average Bonchev–Trinajstić information content (AvgIpc) is 3.35. The van der Waals surface area contributed by atoms with Gasteiger partial charge in [0, 0.05) is 38.9 Å². The van der Waals surface area contributed by atoms with Gasteiger partial charge in [0.2, 0.25) is 5.91 Å². The van der Waals surface area contributed by atoms with E-state index in [9.17, 15) is 14.4 Å². The fourth-order valence-corrected chi connectivity index (χ4v) is 4.66. The second-order valence-corrected chi connectivity index (χ2v) is 8.96. The van der Waals surface area contributed by atoms with Gasteiger partial charge in [-0.3, -0.25) is 14.4 Å². The first-order valence-corrected chi connectivity index (χ1v) is 11.8. The average molecular weight is 458 g/mol. The first-order valence-electron chi connectivity index (χ1n) is 11.0. The zero-order valence-electron chi connectivity index (χ0n) is 18.6. The third-order valence-corrected chi connectivity index (χ3v) is 6.67. The Bertz CT molecular complexity index is 908. The number of likely N-dealkylation sites (tertiary alicyclic amines) is 1. The highest BCUT2D eigenvalue weighted by Gasteiger charge is 2.34. The van der Waals surface area contributed by atoms with Gasteiger partial charge in [0.05, 0.1) is 4.88 Å². The number of thiophene rings is 1. The van der Waals surface area contributed by atoms with Crippen LogP contribution in [0, 0.1) is 12.8 Å². The number of piperidine rings is 1. The molecular formula is C24H31N3O4S. The first-order chi connectivity index (χ1) is 15.5. The normalized spacial score (nSPS) is 15.2. The fourth-order valence-electron chi connectivity index (χ4n) is 3.97. The summed E-state index contributed by atoms with van der Waals surface area (Å²) >= 11 is 1.43. The number of rotatable bonds is 9. The molecule has 1 atom stereocenters. The molecule has 0 aliphatic carbocycles. The van der Waals surface area contributed by atoms with Crippen molar-refractivity contribution < 1.29 is 19.1 Å². The van der Waals surface area contributed by atoms with Gasteiger partial charge in [-0.2, -0.15) is 0 Å². The molecule has 1 aromatic heterocycles. The smallest absolute Gasteiger partial charge is 0.263 e. The summed E-state index contributed by atoms with van der Waals surface area (Å²) in [5, 5.41) is 7.80. The third-order valence-electron chi connectivity index (χ3n) is 5.81. The number of benzene rings is 1. The summed E-state index contributed by atoms with van der Waals surface area (Å²) in [6.45, 7) is 4.05. The number of nitrogens with zero attached hydrogens (tertiary/aromatic N) is 1. The highest BCUT2D eigenvalue weighted by molar-refractivity contribution is 7.12. The van der Waals surface area contributed by atoms with Crippen LogP contribution in [0.5, 0.6) is 0 Å². The first kappa shape index (κ1) is 23.9. The molecule has 0 bridgehead atoms. The highest BCUT2D eigenvalue weighted by atomic mass is 32.1. The quantitative estimate of drug-likeness (QED) is 0.567. The molecule has 1 aliphatic heterocycles. The van der Waals surface area contributed by atoms with Gasteiger partial charge in [-0.1, -0.05) is 24.3 Å². The van der Waals surface area contributed by atoms with Gasteiger partial charge in [0.15, 0.2) is 0 Å². The molecule has 1 aromatic carbocycles. The topological polar surface area (TPSA) is 87.7 Å². The van der Waals surface area contributed by atoms with Crippen molar-refractivity contribution in [3.05, 3.63) is 57.8 Å². The second kappa shape index (κ2) is 11.8. The Kier molecular flexibility index (Phi) is 8.81. The van der Waals surface area contributed by atoms with Crippen LogP contribution >= 0.6 is 11.3 Å². The molecule has 0 saturated carbocycles. The Morgan fingerprint density at radius 1 is 1.16 bits per heavy atom. The van der Waals surface area contributed by atoms with Crippen LogP contribution in [-0.4, -0.2) is 62.0 Å². The standard InChI is InChI=1S/C24H31N3O4S/c1-17-7-3-4-8-19(17)22(28)26-21(23(29)25-12-6-15-31-2)18-10-13-27(14-11-18)24(30)20-9-5-16-32-20/h3-5,7-9,16,18,21H,6,10-15H2,1-2H3,(H,25,29)(H,26,28)/t21-/m1/s1. The number of hydrogen-bond acceptors (Lipinski definition) is 5. The maximum atomic E-state index is 13.0. The van der Waals surface area contributed by atoms with Crippen molar-refractivity contribution in [3.63, 3.8) is 0 Å². The fraction of sp³-hybridized carbons (Fsp3) is 0.458. The van der Waals surface area contributed by atoms with Crippen molar-refractivity contribution in [2.45, 2.75) is 32.2 Å². The van der Waals surface area contributed by atoms with E-state index in [1.165, 1.54) is 11.3 Å². The second-order valence-electron chi connectivity index (χ2n) is 8.01. The van der Waals surface area contributed by atoms with E-state index in [2.05, 4.69) is 10.6 Å². The summed E-state index contributed by atoms with van der Waals surface area (Å²) < 4.78 is 5.04. The minimum atomic E-state index is -0.649.